The first-order chi connectivity index (χ1) is 12.9. The number of imidazole rings is 1. The zero-order valence-corrected chi connectivity index (χ0v) is 17.6. The highest BCUT2D eigenvalue weighted by Crippen LogP contribution is 2.11. The van der Waals surface area contributed by atoms with E-state index in [1.54, 1.807) is 0 Å². The summed E-state index contributed by atoms with van der Waals surface area (Å²) in [6.07, 6.45) is 29.1. The van der Waals surface area contributed by atoms with Crippen molar-refractivity contribution < 1.29 is 5.32 Å². The quantitative estimate of drug-likeness (QED) is 0.267. The van der Waals surface area contributed by atoms with Gasteiger partial charge in [-0.05, 0) is 32.1 Å². The average Bonchev–Trinajstić information content (AvgIpc) is 3.09. The maximum absolute atomic E-state index is 4.47. The normalized spacial score (nSPS) is 11.6. The van der Waals surface area contributed by atoms with Crippen molar-refractivity contribution in [3.63, 3.8) is 0 Å². The molecule has 0 aliphatic rings. The standard InChI is InChI=1S/C23H43N3/c1-3-4-5-6-7-8-9-10-11-12-13-14-15-16-17-18-19-23-25-20-21-26(23)22-24-2/h12-13,20-21,24H,3-11,14-19,22H2,1-2H3/p+1/b13-12+. The summed E-state index contributed by atoms with van der Waals surface area (Å²) in [5.74, 6) is 1.24. The summed E-state index contributed by atoms with van der Waals surface area (Å²) in [4.78, 5) is 4.47. The molecule has 1 heterocycles. The molecule has 3 heteroatoms. The highest BCUT2D eigenvalue weighted by atomic mass is 15.1. The van der Waals surface area contributed by atoms with Gasteiger partial charge >= 0.3 is 0 Å². The molecule has 1 aromatic rings. The maximum Gasteiger partial charge on any atom is 0.156 e. The fourth-order valence-corrected chi connectivity index (χ4v) is 3.46. The topological polar surface area (TPSA) is 34.4 Å². The number of aromatic nitrogens is 2. The fourth-order valence-electron chi connectivity index (χ4n) is 3.46. The SMILES string of the molecule is CCCCCCCCCC/C=C/CCCCCCc1nccn1C[NH2+]C. The lowest BCUT2D eigenvalue weighted by molar-refractivity contribution is -0.657. The van der Waals surface area contributed by atoms with Gasteiger partial charge in [-0.3, -0.25) is 4.57 Å². The lowest BCUT2D eigenvalue weighted by Gasteiger charge is -2.04. The Morgan fingerprint density at radius 2 is 1.42 bits per heavy atom. The molecule has 1 rings (SSSR count). The molecule has 0 saturated carbocycles. The van der Waals surface area contributed by atoms with Crippen molar-refractivity contribution in [3.05, 3.63) is 30.4 Å². The molecule has 150 valence electrons. The number of hydrogen-bond acceptors (Lipinski definition) is 1. The Hall–Kier alpha value is -1.09. The molecule has 0 spiro atoms. The Kier molecular flexibility index (Phi) is 15.3. The second kappa shape index (κ2) is 17.3. The molecule has 0 bridgehead atoms. The summed E-state index contributed by atoms with van der Waals surface area (Å²) in [6.45, 7) is 3.27. The summed E-state index contributed by atoms with van der Waals surface area (Å²) in [5, 5.41) is 2.19. The molecular weight excluding hydrogens is 318 g/mol. The number of aryl methyl sites for hydroxylation is 1. The van der Waals surface area contributed by atoms with Crippen LogP contribution < -0.4 is 5.32 Å². The van der Waals surface area contributed by atoms with Crippen molar-refractivity contribution in [1.29, 1.82) is 0 Å². The summed E-state index contributed by atoms with van der Waals surface area (Å²) < 4.78 is 2.26. The van der Waals surface area contributed by atoms with E-state index in [9.17, 15) is 0 Å². The van der Waals surface area contributed by atoms with Gasteiger partial charge in [0, 0.05) is 18.8 Å². The zero-order chi connectivity index (χ0) is 18.7. The van der Waals surface area contributed by atoms with E-state index in [0.717, 1.165) is 13.1 Å². The van der Waals surface area contributed by atoms with Gasteiger partial charge < -0.3 is 5.32 Å². The van der Waals surface area contributed by atoms with Crippen molar-refractivity contribution in [1.82, 2.24) is 9.55 Å². The molecule has 0 amide bonds. The minimum absolute atomic E-state index is 0.985. The summed E-state index contributed by atoms with van der Waals surface area (Å²) in [7, 11) is 2.10. The lowest BCUT2D eigenvalue weighted by Crippen LogP contribution is -2.79. The van der Waals surface area contributed by atoms with Crippen molar-refractivity contribution in [2.24, 2.45) is 0 Å². The van der Waals surface area contributed by atoms with Crippen molar-refractivity contribution in [2.45, 2.75) is 110 Å². The largest absolute Gasteiger partial charge is 0.331 e. The highest BCUT2D eigenvalue weighted by molar-refractivity contribution is 4.91. The molecule has 0 fully saturated rings. The second-order valence-electron chi connectivity index (χ2n) is 7.59. The van der Waals surface area contributed by atoms with Gasteiger partial charge in [0.2, 0.25) is 0 Å². The van der Waals surface area contributed by atoms with Crippen LogP contribution in [-0.4, -0.2) is 16.6 Å². The third kappa shape index (κ3) is 12.3. The number of allylic oxidation sites excluding steroid dienone is 2. The molecule has 0 saturated heterocycles. The molecule has 0 aromatic carbocycles. The minimum atomic E-state index is 0.985. The molecule has 1 aromatic heterocycles. The number of hydrogen-bond donors (Lipinski definition) is 1. The van der Waals surface area contributed by atoms with E-state index in [0.29, 0.717) is 0 Å². The van der Waals surface area contributed by atoms with E-state index in [-0.39, 0.29) is 0 Å². The maximum atomic E-state index is 4.47. The predicted octanol–water partition coefficient (Wildman–Crippen LogP) is 5.61. The molecule has 0 atom stereocenters. The van der Waals surface area contributed by atoms with E-state index in [1.165, 1.54) is 95.7 Å². The van der Waals surface area contributed by atoms with Crippen LogP contribution in [0.4, 0.5) is 0 Å². The Labute approximate surface area is 162 Å². The lowest BCUT2D eigenvalue weighted by atomic mass is 10.1. The van der Waals surface area contributed by atoms with Crippen LogP contribution in [0.3, 0.4) is 0 Å². The average molecular weight is 363 g/mol. The van der Waals surface area contributed by atoms with Gasteiger partial charge in [-0.2, -0.15) is 0 Å². The van der Waals surface area contributed by atoms with Gasteiger partial charge in [-0.15, -0.1) is 0 Å². The Bertz CT molecular complexity index is 436. The Balaban J connectivity index is 1.84. The molecule has 0 unspecified atom stereocenters. The third-order valence-electron chi connectivity index (χ3n) is 5.09. The summed E-state index contributed by atoms with van der Waals surface area (Å²) in [6, 6.07) is 0. The van der Waals surface area contributed by atoms with Crippen LogP contribution in [-0.2, 0) is 13.1 Å². The molecule has 0 aliphatic heterocycles. The van der Waals surface area contributed by atoms with Crippen molar-refractivity contribution in [2.75, 3.05) is 7.05 Å². The van der Waals surface area contributed by atoms with Crippen LogP contribution in [0.25, 0.3) is 0 Å². The molecule has 0 radical (unpaired) electrons. The first kappa shape index (κ1) is 23.0. The molecule has 2 N–H and O–H groups in total. The summed E-state index contributed by atoms with van der Waals surface area (Å²) in [5.41, 5.74) is 0. The van der Waals surface area contributed by atoms with Gasteiger partial charge in [0.05, 0.1) is 7.05 Å². The van der Waals surface area contributed by atoms with Crippen LogP contribution >= 0.6 is 0 Å². The number of quaternary nitrogens is 1. The Morgan fingerprint density at radius 1 is 0.846 bits per heavy atom. The van der Waals surface area contributed by atoms with Gasteiger partial charge in [0.15, 0.2) is 6.67 Å². The predicted molar refractivity (Wildman–Crippen MR) is 113 cm³/mol. The van der Waals surface area contributed by atoms with E-state index in [1.807, 2.05) is 6.20 Å². The van der Waals surface area contributed by atoms with Crippen LogP contribution in [0.1, 0.15) is 103 Å². The van der Waals surface area contributed by atoms with Crippen LogP contribution in [0, 0.1) is 0 Å². The van der Waals surface area contributed by atoms with Crippen LogP contribution in [0.15, 0.2) is 24.5 Å². The van der Waals surface area contributed by atoms with E-state index in [4.69, 9.17) is 0 Å². The van der Waals surface area contributed by atoms with E-state index in [2.05, 4.69) is 47.2 Å². The first-order valence-corrected chi connectivity index (χ1v) is 11.3. The second-order valence-corrected chi connectivity index (χ2v) is 7.59. The molecule has 3 nitrogen and oxygen atoms in total. The fraction of sp³-hybridized carbons (Fsp3) is 0.783. The number of unbranched alkanes of at least 4 members (excludes halogenated alkanes) is 12. The zero-order valence-electron chi connectivity index (χ0n) is 17.6. The molecule has 26 heavy (non-hydrogen) atoms. The van der Waals surface area contributed by atoms with E-state index < -0.39 is 0 Å². The van der Waals surface area contributed by atoms with Gasteiger partial charge in [0.25, 0.3) is 0 Å². The number of nitrogens with zero attached hydrogens (tertiary/aromatic N) is 2. The molecule has 0 aliphatic carbocycles. The third-order valence-corrected chi connectivity index (χ3v) is 5.09. The Morgan fingerprint density at radius 3 is 2.04 bits per heavy atom. The summed E-state index contributed by atoms with van der Waals surface area (Å²) >= 11 is 0. The van der Waals surface area contributed by atoms with Gasteiger partial charge in [-0.25, -0.2) is 4.98 Å². The monoisotopic (exact) mass is 362 g/mol. The number of rotatable bonds is 18. The minimum Gasteiger partial charge on any atom is -0.331 e. The smallest absolute Gasteiger partial charge is 0.156 e. The van der Waals surface area contributed by atoms with Gasteiger partial charge in [0.1, 0.15) is 5.82 Å². The van der Waals surface area contributed by atoms with Crippen LogP contribution in [0.2, 0.25) is 0 Å². The van der Waals surface area contributed by atoms with Crippen molar-refractivity contribution >= 4 is 0 Å². The van der Waals surface area contributed by atoms with Gasteiger partial charge in [-0.1, -0.05) is 76.9 Å². The van der Waals surface area contributed by atoms with Crippen molar-refractivity contribution in [3.8, 4) is 0 Å². The van der Waals surface area contributed by atoms with E-state index >= 15 is 0 Å². The van der Waals surface area contributed by atoms with Crippen LogP contribution in [0.5, 0.6) is 0 Å². The first-order valence-electron chi connectivity index (χ1n) is 11.3. The number of nitrogens with two attached hydrogens (primary N) is 1. The molecular formula is C23H44N3+. The highest BCUT2D eigenvalue weighted by Gasteiger charge is 2.02.